The third-order valence-electron chi connectivity index (χ3n) is 3.56. The molecule has 2 heterocycles. The average Bonchev–Trinajstić information content (AvgIpc) is 3.30. The first-order valence-electron chi connectivity index (χ1n) is 7.34. The molecular formula is C20H14O2S. The van der Waals surface area contributed by atoms with Crippen LogP contribution >= 0.6 is 11.8 Å². The van der Waals surface area contributed by atoms with Crippen LogP contribution in [0.3, 0.4) is 0 Å². The van der Waals surface area contributed by atoms with Crippen molar-refractivity contribution in [1.82, 2.24) is 0 Å². The van der Waals surface area contributed by atoms with E-state index in [1.807, 2.05) is 24.3 Å². The highest BCUT2D eigenvalue weighted by atomic mass is 32.2. The van der Waals surface area contributed by atoms with E-state index < -0.39 is 0 Å². The monoisotopic (exact) mass is 318 g/mol. The molecule has 0 unspecified atom stereocenters. The Morgan fingerprint density at radius 2 is 0.957 bits per heavy atom. The van der Waals surface area contributed by atoms with Crippen molar-refractivity contribution in [1.29, 1.82) is 0 Å². The van der Waals surface area contributed by atoms with Crippen molar-refractivity contribution in [2.75, 3.05) is 0 Å². The van der Waals surface area contributed by atoms with Gasteiger partial charge in [0, 0.05) is 20.9 Å². The summed E-state index contributed by atoms with van der Waals surface area (Å²) in [6.45, 7) is 0. The predicted octanol–water partition coefficient (Wildman–Crippen LogP) is 6.36. The Morgan fingerprint density at radius 3 is 1.30 bits per heavy atom. The second-order valence-corrected chi connectivity index (χ2v) is 6.25. The first-order valence-corrected chi connectivity index (χ1v) is 8.16. The second kappa shape index (κ2) is 6.23. The molecule has 0 spiro atoms. The molecule has 4 aromatic rings. The molecule has 0 N–H and O–H groups in total. The fourth-order valence-electron chi connectivity index (χ4n) is 2.40. The number of hydrogen-bond donors (Lipinski definition) is 0. The van der Waals surface area contributed by atoms with Gasteiger partial charge in [0.2, 0.25) is 0 Å². The molecule has 0 saturated carbocycles. The highest BCUT2D eigenvalue weighted by Gasteiger charge is 2.03. The third-order valence-corrected chi connectivity index (χ3v) is 4.57. The topological polar surface area (TPSA) is 26.3 Å². The quantitative estimate of drug-likeness (QED) is 0.438. The number of rotatable bonds is 4. The summed E-state index contributed by atoms with van der Waals surface area (Å²) >= 11 is 1.74. The van der Waals surface area contributed by atoms with Crippen LogP contribution in [0.4, 0.5) is 0 Å². The van der Waals surface area contributed by atoms with Gasteiger partial charge in [-0.05, 0) is 48.5 Å². The van der Waals surface area contributed by atoms with Gasteiger partial charge in [-0.15, -0.1) is 0 Å². The molecule has 2 aromatic carbocycles. The molecular weight excluding hydrogens is 304 g/mol. The lowest BCUT2D eigenvalue weighted by Crippen LogP contribution is -1.78. The summed E-state index contributed by atoms with van der Waals surface area (Å²) in [7, 11) is 0. The van der Waals surface area contributed by atoms with Crippen molar-refractivity contribution < 1.29 is 8.83 Å². The van der Waals surface area contributed by atoms with Crippen LogP contribution in [0.15, 0.2) is 104 Å². The Balaban J connectivity index is 1.49. The summed E-state index contributed by atoms with van der Waals surface area (Å²) < 4.78 is 10.8. The fraction of sp³-hybridized carbons (Fsp3) is 0. The molecule has 0 amide bonds. The minimum atomic E-state index is 0.893. The minimum Gasteiger partial charge on any atom is -0.464 e. The van der Waals surface area contributed by atoms with E-state index in [-0.39, 0.29) is 0 Å². The molecule has 0 radical (unpaired) electrons. The molecule has 4 rings (SSSR count). The van der Waals surface area contributed by atoms with E-state index >= 15 is 0 Å². The van der Waals surface area contributed by atoms with Crippen molar-refractivity contribution in [3.63, 3.8) is 0 Å². The van der Waals surface area contributed by atoms with Crippen LogP contribution in [0.1, 0.15) is 0 Å². The van der Waals surface area contributed by atoms with Gasteiger partial charge in [-0.25, -0.2) is 0 Å². The van der Waals surface area contributed by atoms with Crippen LogP contribution in [0, 0.1) is 0 Å². The Hall–Kier alpha value is -2.65. The lowest BCUT2D eigenvalue weighted by Gasteiger charge is -2.04. The van der Waals surface area contributed by atoms with Crippen LogP contribution in [-0.4, -0.2) is 0 Å². The molecule has 0 bridgehead atoms. The lowest BCUT2D eigenvalue weighted by atomic mass is 10.2. The van der Waals surface area contributed by atoms with Crippen molar-refractivity contribution in [3.05, 3.63) is 85.3 Å². The van der Waals surface area contributed by atoms with Gasteiger partial charge in [0.1, 0.15) is 11.5 Å². The van der Waals surface area contributed by atoms with Gasteiger partial charge in [0.25, 0.3) is 0 Å². The molecule has 112 valence electrons. The summed E-state index contributed by atoms with van der Waals surface area (Å²) in [4.78, 5) is 2.40. The van der Waals surface area contributed by atoms with Crippen molar-refractivity contribution in [2.45, 2.75) is 9.79 Å². The number of furan rings is 2. The maximum atomic E-state index is 5.41. The van der Waals surface area contributed by atoms with E-state index in [1.54, 1.807) is 24.3 Å². The van der Waals surface area contributed by atoms with Gasteiger partial charge >= 0.3 is 0 Å². The van der Waals surface area contributed by atoms with Gasteiger partial charge in [0.05, 0.1) is 12.5 Å². The third kappa shape index (κ3) is 3.10. The predicted molar refractivity (Wildman–Crippen MR) is 92.4 cm³/mol. The van der Waals surface area contributed by atoms with Gasteiger partial charge in [-0.2, -0.15) is 0 Å². The Morgan fingerprint density at radius 1 is 0.522 bits per heavy atom. The summed E-state index contributed by atoms with van der Waals surface area (Å²) in [6.07, 6.45) is 3.39. The van der Waals surface area contributed by atoms with E-state index in [1.165, 1.54) is 9.79 Å². The molecule has 0 aliphatic carbocycles. The second-order valence-electron chi connectivity index (χ2n) is 5.11. The number of hydrogen-bond acceptors (Lipinski definition) is 3. The SMILES string of the molecule is c1coc(-c2ccc(Sc3ccc(-c4ccco4)cc3)cc2)c1. The summed E-state index contributed by atoms with van der Waals surface area (Å²) in [5, 5.41) is 0. The van der Waals surface area contributed by atoms with Crippen molar-refractivity contribution >= 4 is 11.8 Å². The molecule has 2 nitrogen and oxygen atoms in total. The average molecular weight is 318 g/mol. The van der Waals surface area contributed by atoms with Crippen LogP contribution in [0.2, 0.25) is 0 Å². The van der Waals surface area contributed by atoms with Crippen molar-refractivity contribution in [2.24, 2.45) is 0 Å². The molecule has 23 heavy (non-hydrogen) atoms. The summed E-state index contributed by atoms with van der Waals surface area (Å²) in [5.74, 6) is 1.79. The zero-order valence-corrected chi connectivity index (χ0v) is 13.1. The molecule has 0 fully saturated rings. The molecule has 3 heteroatoms. The van der Waals surface area contributed by atoms with E-state index in [9.17, 15) is 0 Å². The fourth-order valence-corrected chi connectivity index (χ4v) is 3.21. The summed E-state index contributed by atoms with van der Waals surface area (Å²) in [6, 6.07) is 24.5. The van der Waals surface area contributed by atoms with E-state index in [0.29, 0.717) is 0 Å². The highest BCUT2D eigenvalue weighted by molar-refractivity contribution is 7.99. The summed E-state index contributed by atoms with van der Waals surface area (Å²) in [5.41, 5.74) is 2.18. The van der Waals surface area contributed by atoms with Crippen LogP contribution in [0.5, 0.6) is 0 Å². The zero-order valence-electron chi connectivity index (χ0n) is 12.3. The minimum absolute atomic E-state index is 0.893. The van der Waals surface area contributed by atoms with Crippen LogP contribution < -0.4 is 0 Å². The first kappa shape index (κ1) is 14.0. The maximum Gasteiger partial charge on any atom is 0.133 e. The van der Waals surface area contributed by atoms with E-state index in [4.69, 9.17) is 8.83 Å². The maximum absolute atomic E-state index is 5.41. The Bertz CT molecular complexity index is 783. The van der Waals surface area contributed by atoms with Crippen LogP contribution in [0.25, 0.3) is 22.6 Å². The van der Waals surface area contributed by atoms with Gasteiger partial charge < -0.3 is 8.83 Å². The zero-order chi connectivity index (χ0) is 15.5. The largest absolute Gasteiger partial charge is 0.464 e. The number of benzene rings is 2. The van der Waals surface area contributed by atoms with Crippen molar-refractivity contribution in [3.8, 4) is 22.6 Å². The van der Waals surface area contributed by atoms with Gasteiger partial charge in [0.15, 0.2) is 0 Å². The Kier molecular flexibility index (Phi) is 3.78. The standard InChI is InChI=1S/C20H14O2S/c1-3-19(21-13-1)15-5-9-17(10-6-15)23-18-11-7-16(8-12-18)20-4-2-14-22-20/h1-14H. The van der Waals surface area contributed by atoms with E-state index in [0.717, 1.165) is 22.6 Å². The molecule has 0 aliphatic rings. The van der Waals surface area contributed by atoms with Gasteiger partial charge in [-0.1, -0.05) is 36.0 Å². The Labute approximate surface area is 138 Å². The molecule has 0 saturated heterocycles. The highest BCUT2D eigenvalue weighted by Crippen LogP contribution is 2.31. The van der Waals surface area contributed by atoms with Gasteiger partial charge in [-0.3, -0.25) is 0 Å². The normalized spacial score (nSPS) is 10.8. The molecule has 0 atom stereocenters. The molecule has 0 aliphatic heterocycles. The van der Waals surface area contributed by atoms with E-state index in [2.05, 4.69) is 48.5 Å². The van der Waals surface area contributed by atoms with Crippen LogP contribution in [-0.2, 0) is 0 Å². The smallest absolute Gasteiger partial charge is 0.133 e. The lowest BCUT2D eigenvalue weighted by molar-refractivity contribution is 0.582. The first-order chi connectivity index (χ1) is 11.4. The molecule has 2 aromatic heterocycles.